The van der Waals surface area contributed by atoms with Crippen LogP contribution in [0.25, 0.3) is 11.1 Å². The minimum Gasteiger partial charge on any atom is -0.373 e. The Kier molecular flexibility index (Phi) is 6.13. The van der Waals surface area contributed by atoms with E-state index in [1.807, 2.05) is 36.1 Å². The molecule has 0 spiro atoms. The zero-order chi connectivity index (χ0) is 22.0. The van der Waals surface area contributed by atoms with E-state index in [4.69, 9.17) is 4.74 Å². The van der Waals surface area contributed by atoms with E-state index in [1.165, 1.54) is 12.1 Å². The van der Waals surface area contributed by atoms with Crippen LogP contribution in [0.15, 0.2) is 54.9 Å². The molecule has 4 rings (SSSR count). The van der Waals surface area contributed by atoms with Gasteiger partial charge >= 0.3 is 0 Å². The number of aryl methyl sites for hydroxylation is 1. The maximum atomic E-state index is 13.8. The van der Waals surface area contributed by atoms with Crippen LogP contribution in [-0.4, -0.2) is 39.8 Å². The van der Waals surface area contributed by atoms with Crippen molar-refractivity contribution in [1.29, 1.82) is 0 Å². The van der Waals surface area contributed by atoms with Gasteiger partial charge < -0.3 is 9.64 Å². The summed E-state index contributed by atoms with van der Waals surface area (Å²) in [6.07, 6.45) is 4.35. The number of benzene rings is 2. The number of carbonyl (C=O) groups is 1. The smallest absolute Gasteiger partial charge is 0.257 e. The zero-order valence-electron chi connectivity index (χ0n) is 17.6. The average molecular weight is 425 g/mol. The van der Waals surface area contributed by atoms with Gasteiger partial charge in [-0.25, -0.2) is 8.78 Å². The summed E-state index contributed by atoms with van der Waals surface area (Å²) < 4.78 is 35.3. The second-order valence-corrected chi connectivity index (χ2v) is 7.78. The van der Waals surface area contributed by atoms with Gasteiger partial charge in [0.1, 0.15) is 11.6 Å². The molecule has 0 bridgehead atoms. The van der Waals surface area contributed by atoms with Crippen LogP contribution in [0.4, 0.5) is 8.78 Å². The Morgan fingerprint density at radius 1 is 1.23 bits per heavy atom. The number of hydrogen-bond donors (Lipinski definition) is 0. The van der Waals surface area contributed by atoms with Crippen molar-refractivity contribution in [3.8, 4) is 11.1 Å². The molecule has 0 N–H and O–H groups in total. The Hall–Kier alpha value is -3.06. The Labute approximate surface area is 180 Å². The SMILES string of the molecule is CCN(C(=O)c1cnn(C)c1)[C@H]1CCO[C@@H](c2ccccc2-c2cc(F)cc(F)c2)C1. The van der Waals surface area contributed by atoms with Gasteiger partial charge in [-0.1, -0.05) is 24.3 Å². The van der Waals surface area contributed by atoms with E-state index in [1.54, 1.807) is 24.1 Å². The molecule has 1 saturated heterocycles. The number of ether oxygens (including phenoxy) is 1. The number of rotatable bonds is 5. The van der Waals surface area contributed by atoms with Crippen LogP contribution in [0.3, 0.4) is 0 Å². The molecule has 1 aromatic heterocycles. The predicted octanol–water partition coefficient (Wildman–Crippen LogP) is 4.75. The van der Waals surface area contributed by atoms with Crippen LogP contribution in [0.1, 0.15) is 41.8 Å². The molecule has 1 fully saturated rings. The van der Waals surface area contributed by atoms with Crippen molar-refractivity contribution in [2.24, 2.45) is 7.05 Å². The molecule has 0 unspecified atom stereocenters. The monoisotopic (exact) mass is 425 g/mol. The predicted molar refractivity (Wildman–Crippen MR) is 113 cm³/mol. The molecule has 3 aromatic rings. The number of carbonyl (C=O) groups excluding carboxylic acids is 1. The third-order valence-corrected chi connectivity index (χ3v) is 5.73. The first-order valence-corrected chi connectivity index (χ1v) is 10.4. The van der Waals surface area contributed by atoms with Crippen LogP contribution in [0.2, 0.25) is 0 Å². The molecule has 7 heteroatoms. The van der Waals surface area contributed by atoms with Crippen molar-refractivity contribution in [2.45, 2.75) is 31.9 Å². The minimum atomic E-state index is -0.619. The quantitative estimate of drug-likeness (QED) is 0.593. The third-order valence-electron chi connectivity index (χ3n) is 5.73. The summed E-state index contributed by atoms with van der Waals surface area (Å²) in [5, 5.41) is 4.10. The molecule has 5 nitrogen and oxygen atoms in total. The normalized spacial score (nSPS) is 18.7. The average Bonchev–Trinajstić information content (AvgIpc) is 3.20. The second-order valence-electron chi connectivity index (χ2n) is 7.78. The van der Waals surface area contributed by atoms with Crippen LogP contribution < -0.4 is 0 Å². The highest BCUT2D eigenvalue weighted by Gasteiger charge is 2.32. The number of nitrogens with zero attached hydrogens (tertiary/aromatic N) is 3. The number of amides is 1. The molecule has 0 saturated carbocycles. The van der Waals surface area contributed by atoms with Gasteiger partial charge in [-0.05, 0) is 48.6 Å². The standard InChI is InChI=1S/C24H25F2N3O2/c1-3-29(24(30)17-14-27-28(2)15-17)20-8-9-31-23(13-20)22-7-5-4-6-21(22)16-10-18(25)12-19(26)11-16/h4-7,10-12,14-15,20,23H,3,8-9,13H2,1-2H3/t20-,23+/m0/s1. The first-order valence-electron chi connectivity index (χ1n) is 10.4. The van der Waals surface area contributed by atoms with Crippen LogP contribution in [0.5, 0.6) is 0 Å². The van der Waals surface area contributed by atoms with E-state index in [0.29, 0.717) is 30.7 Å². The van der Waals surface area contributed by atoms with Gasteiger partial charge in [0, 0.05) is 38.5 Å². The summed E-state index contributed by atoms with van der Waals surface area (Å²) in [6, 6.07) is 11.0. The first-order chi connectivity index (χ1) is 15.0. The van der Waals surface area contributed by atoms with Gasteiger partial charge in [-0.3, -0.25) is 9.48 Å². The molecule has 1 aliphatic rings. The van der Waals surface area contributed by atoms with Crippen molar-refractivity contribution in [3.05, 3.63) is 77.6 Å². The van der Waals surface area contributed by atoms with Gasteiger partial charge in [0.15, 0.2) is 0 Å². The lowest BCUT2D eigenvalue weighted by atomic mass is 9.90. The van der Waals surface area contributed by atoms with Crippen LogP contribution in [0, 0.1) is 11.6 Å². The van der Waals surface area contributed by atoms with Crippen molar-refractivity contribution in [1.82, 2.24) is 14.7 Å². The lowest BCUT2D eigenvalue weighted by molar-refractivity contribution is -0.0229. The lowest BCUT2D eigenvalue weighted by Crippen LogP contribution is -2.43. The summed E-state index contributed by atoms with van der Waals surface area (Å²) in [6.45, 7) is 3.03. The highest BCUT2D eigenvalue weighted by molar-refractivity contribution is 5.94. The second kappa shape index (κ2) is 8.98. The van der Waals surface area contributed by atoms with Crippen LogP contribution in [-0.2, 0) is 11.8 Å². The molecular weight excluding hydrogens is 400 g/mol. The molecule has 0 aliphatic carbocycles. The fourth-order valence-corrected chi connectivity index (χ4v) is 4.29. The fraction of sp³-hybridized carbons (Fsp3) is 0.333. The summed E-state index contributed by atoms with van der Waals surface area (Å²) >= 11 is 0. The summed E-state index contributed by atoms with van der Waals surface area (Å²) in [5.74, 6) is -1.29. The lowest BCUT2D eigenvalue weighted by Gasteiger charge is -2.37. The molecule has 2 heterocycles. The molecule has 1 amide bonds. The van der Waals surface area contributed by atoms with Crippen molar-refractivity contribution >= 4 is 5.91 Å². The fourth-order valence-electron chi connectivity index (χ4n) is 4.29. The van der Waals surface area contributed by atoms with E-state index >= 15 is 0 Å². The third kappa shape index (κ3) is 4.51. The zero-order valence-corrected chi connectivity index (χ0v) is 17.6. The Balaban J connectivity index is 1.61. The Bertz CT molecular complexity index is 1060. The highest BCUT2D eigenvalue weighted by atomic mass is 19.1. The van der Waals surface area contributed by atoms with E-state index in [2.05, 4.69) is 5.10 Å². The molecule has 2 aromatic carbocycles. The summed E-state index contributed by atoms with van der Waals surface area (Å²) in [5.41, 5.74) is 2.62. The molecular formula is C24H25F2N3O2. The van der Waals surface area contributed by atoms with Crippen molar-refractivity contribution in [2.75, 3.05) is 13.2 Å². The Morgan fingerprint density at radius 2 is 1.97 bits per heavy atom. The number of hydrogen-bond acceptors (Lipinski definition) is 3. The summed E-state index contributed by atoms with van der Waals surface area (Å²) in [4.78, 5) is 14.9. The van der Waals surface area contributed by atoms with Crippen molar-refractivity contribution < 1.29 is 18.3 Å². The van der Waals surface area contributed by atoms with Gasteiger partial charge in [-0.15, -0.1) is 0 Å². The summed E-state index contributed by atoms with van der Waals surface area (Å²) in [7, 11) is 1.78. The minimum absolute atomic E-state index is 0.00578. The van der Waals surface area contributed by atoms with E-state index in [0.717, 1.165) is 23.6 Å². The van der Waals surface area contributed by atoms with Gasteiger partial charge in [0.2, 0.25) is 0 Å². The van der Waals surface area contributed by atoms with E-state index in [9.17, 15) is 13.6 Å². The largest absolute Gasteiger partial charge is 0.373 e. The Morgan fingerprint density at radius 3 is 2.65 bits per heavy atom. The molecule has 1 aliphatic heterocycles. The number of halogens is 2. The van der Waals surface area contributed by atoms with E-state index in [-0.39, 0.29) is 18.1 Å². The van der Waals surface area contributed by atoms with E-state index < -0.39 is 11.6 Å². The maximum Gasteiger partial charge on any atom is 0.257 e. The molecule has 31 heavy (non-hydrogen) atoms. The molecule has 2 atom stereocenters. The number of aromatic nitrogens is 2. The topological polar surface area (TPSA) is 47.4 Å². The maximum absolute atomic E-state index is 13.8. The highest BCUT2D eigenvalue weighted by Crippen LogP contribution is 2.37. The van der Waals surface area contributed by atoms with Gasteiger partial charge in [0.25, 0.3) is 5.91 Å². The van der Waals surface area contributed by atoms with Crippen molar-refractivity contribution in [3.63, 3.8) is 0 Å². The van der Waals surface area contributed by atoms with Gasteiger partial charge in [-0.2, -0.15) is 5.10 Å². The van der Waals surface area contributed by atoms with Gasteiger partial charge in [0.05, 0.1) is 17.9 Å². The van der Waals surface area contributed by atoms with Crippen LogP contribution >= 0.6 is 0 Å². The first kappa shape index (κ1) is 21.2. The molecule has 0 radical (unpaired) electrons. The molecule has 162 valence electrons.